The van der Waals surface area contributed by atoms with Gasteiger partial charge in [0.1, 0.15) is 0 Å². The molecule has 0 nitrogen and oxygen atoms in total. The molecule has 0 bridgehead atoms. The summed E-state index contributed by atoms with van der Waals surface area (Å²) >= 11 is 7.99. The summed E-state index contributed by atoms with van der Waals surface area (Å²) in [5.41, 5.74) is 1.50. The van der Waals surface area contributed by atoms with Crippen LogP contribution in [-0.2, 0) is 4.44 Å². The second-order valence-electron chi connectivity index (χ2n) is 2.28. The Morgan fingerprint density at radius 2 is 1.55 bits per heavy atom. The first-order valence-corrected chi connectivity index (χ1v) is 30.1. The van der Waals surface area contributed by atoms with Crippen LogP contribution in [0.15, 0.2) is 30.3 Å². The Morgan fingerprint density at radius 3 is 2.00 bits per heavy atom. The van der Waals surface area contributed by atoms with E-state index < -0.39 is 6.47 Å². The van der Waals surface area contributed by atoms with Gasteiger partial charge >= 0.3 is 103 Å². The summed E-state index contributed by atoms with van der Waals surface area (Å²) in [6.07, 6.45) is 0. The van der Waals surface area contributed by atoms with E-state index in [1.165, 1.54) is 10.0 Å². The number of benzene rings is 1. The summed E-state index contributed by atoms with van der Waals surface area (Å²) in [5, 5.41) is 0. The molecule has 60 valence electrons. The summed E-state index contributed by atoms with van der Waals surface area (Å²) in [6, 6.07) is 10.8. The molecule has 0 amide bonds. The molecule has 11 heavy (non-hydrogen) atoms. The molecule has 0 spiro atoms. The van der Waals surface area contributed by atoms with E-state index in [-0.39, 0.29) is 0 Å². The van der Waals surface area contributed by atoms with E-state index in [2.05, 4.69) is 86.2 Å². The molecule has 0 heterocycles. The summed E-state index contributed by atoms with van der Waals surface area (Å²) < 4.78 is 1.33. The first-order valence-electron chi connectivity index (χ1n) is 3.18. The zero-order valence-electron chi connectivity index (χ0n) is 5.73. The van der Waals surface area contributed by atoms with Crippen molar-refractivity contribution in [3.63, 3.8) is 0 Å². The molecule has 0 aliphatic carbocycles. The van der Waals surface area contributed by atoms with E-state index in [1.807, 2.05) is 0 Å². The van der Waals surface area contributed by atoms with Crippen LogP contribution in [0.25, 0.3) is 0 Å². The van der Waals surface area contributed by atoms with Crippen molar-refractivity contribution in [2.45, 2.75) is 4.44 Å². The molecule has 0 unspecified atom stereocenters. The molecular weight excluding hydrogens is 583 g/mol. The van der Waals surface area contributed by atoms with E-state index in [9.17, 15) is 0 Å². The Morgan fingerprint density at radius 1 is 1.00 bits per heavy atom. The molecule has 0 aliphatic heterocycles. The molecule has 0 aliphatic rings. The van der Waals surface area contributed by atoms with Gasteiger partial charge in [-0.15, -0.1) is 0 Å². The van der Waals surface area contributed by atoms with Crippen molar-refractivity contribution in [3.05, 3.63) is 35.9 Å². The van der Waals surface area contributed by atoms with Crippen LogP contribution >= 0.6 is 55.9 Å². The molecule has 0 radical (unpaired) electrons. The van der Waals surface area contributed by atoms with Crippen molar-refractivity contribution in [1.82, 2.24) is 0 Å². The topological polar surface area (TPSA) is 0 Å². The summed E-state index contributed by atoms with van der Waals surface area (Å²) in [5.74, 6) is 0. The monoisotopic (exact) mass is 592 g/mol. The maximum absolute atomic E-state index is 2.66. The van der Waals surface area contributed by atoms with Gasteiger partial charge in [-0.1, -0.05) is 0 Å². The molecule has 1 aromatic carbocycles. The van der Waals surface area contributed by atoms with E-state index in [0.717, 1.165) is 0 Å². The first kappa shape index (κ1) is 11.3. The van der Waals surface area contributed by atoms with Crippen LogP contribution in [0.3, 0.4) is 0 Å². The zero-order valence-corrected chi connectivity index (χ0v) is 15.1. The van der Waals surface area contributed by atoms with Gasteiger partial charge in [0.15, 0.2) is 0 Å². The SMILES string of the molecule is [I][Sn]([I])([I])[CH2]c1ccccc1. The average molecular weight is 591 g/mol. The average Bonchev–Trinajstić information content (AvgIpc) is 1.85. The predicted molar refractivity (Wildman–Crippen MR) is 78.0 cm³/mol. The quantitative estimate of drug-likeness (QED) is 0.361. The van der Waals surface area contributed by atoms with Crippen LogP contribution in [0.5, 0.6) is 0 Å². The third-order valence-corrected chi connectivity index (χ3v) is 11.2. The van der Waals surface area contributed by atoms with Gasteiger partial charge in [0.25, 0.3) is 0 Å². The molecule has 1 rings (SSSR count). The molecule has 0 N–H and O–H groups in total. The molecular formula is C7H7I3Sn. The van der Waals surface area contributed by atoms with Crippen molar-refractivity contribution >= 4 is 62.4 Å². The van der Waals surface area contributed by atoms with Crippen molar-refractivity contribution in [3.8, 4) is 0 Å². The van der Waals surface area contributed by atoms with Gasteiger partial charge in [-0.3, -0.25) is 0 Å². The third kappa shape index (κ3) is 5.50. The zero-order chi connectivity index (χ0) is 8.32. The Hall–Kier alpha value is 2.21. The summed E-state index contributed by atoms with van der Waals surface area (Å²) in [7, 11) is 0. The number of rotatable bonds is 2. The van der Waals surface area contributed by atoms with Crippen molar-refractivity contribution in [2.75, 3.05) is 0 Å². The van der Waals surface area contributed by atoms with Gasteiger partial charge < -0.3 is 0 Å². The van der Waals surface area contributed by atoms with Crippen LogP contribution in [0.4, 0.5) is 0 Å². The minimum atomic E-state index is -1.65. The van der Waals surface area contributed by atoms with E-state index in [0.29, 0.717) is 0 Å². The van der Waals surface area contributed by atoms with Crippen LogP contribution in [0.1, 0.15) is 5.56 Å². The molecule has 0 atom stereocenters. The van der Waals surface area contributed by atoms with Crippen molar-refractivity contribution in [1.29, 1.82) is 0 Å². The van der Waals surface area contributed by atoms with Crippen LogP contribution in [-0.4, -0.2) is 6.47 Å². The third-order valence-electron chi connectivity index (χ3n) is 1.25. The van der Waals surface area contributed by atoms with E-state index in [1.54, 1.807) is 0 Å². The second-order valence-corrected chi connectivity index (χ2v) is 85.4. The van der Waals surface area contributed by atoms with Crippen LogP contribution in [0.2, 0.25) is 0 Å². The Bertz CT molecular complexity index is 217. The van der Waals surface area contributed by atoms with Crippen molar-refractivity contribution in [2.24, 2.45) is 0 Å². The summed E-state index contributed by atoms with van der Waals surface area (Å²) in [6.45, 7) is -1.65. The number of hydrogen-bond acceptors (Lipinski definition) is 0. The van der Waals surface area contributed by atoms with Crippen LogP contribution in [0, 0.1) is 0 Å². The van der Waals surface area contributed by atoms with Crippen molar-refractivity contribution < 1.29 is 0 Å². The maximum atomic E-state index is 2.66. The molecule has 4 heteroatoms. The number of halogens is 3. The fourth-order valence-corrected chi connectivity index (χ4v) is 11.7. The minimum absolute atomic E-state index is 1.33. The second kappa shape index (κ2) is 5.18. The van der Waals surface area contributed by atoms with Gasteiger partial charge in [-0.05, 0) is 0 Å². The molecule has 0 aromatic heterocycles. The van der Waals surface area contributed by atoms with Gasteiger partial charge in [-0.25, -0.2) is 0 Å². The number of hydrogen-bond donors (Lipinski definition) is 0. The normalized spacial score (nSPS) is 11.5. The van der Waals surface area contributed by atoms with Gasteiger partial charge in [0.2, 0.25) is 0 Å². The molecule has 0 saturated heterocycles. The standard InChI is InChI=1S/C7H7.3HI.Sn/c1-7-5-3-2-4-6-7;;;;/h2-6H,1H2;3*1H;/q;;;;+3/p-3. The van der Waals surface area contributed by atoms with Crippen LogP contribution < -0.4 is 0 Å². The fourth-order valence-electron chi connectivity index (χ4n) is 0.827. The Kier molecular flexibility index (Phi) is 5.31. The predicted octanol–water partition coefficient (Wildman–Crippen LogP) is 4.01. The van der Waals surface area contributed by atoms with Gasteiger partial charge in [0, 0.05) is 0 Å². The molecule has 0 fully saturated rings. The Balaban J connectivity index is 2.66. The first-order chi connectivity index (χ1) is 5.08. The molecule has 0 saturated carbocycles. The molecule has 1 aromatic rings. The van der Waals surface area contributed by atoms with E-state index in [4.69, 9.17) is 0 Å². The summed E-state index contributed by atoms with van der Waals surface area (Å²) in [4.78, 5) is 0. The van der Waals surface area contributed by atoms with Gasteiger partial charge in [-0.2, -0.15) is 0 Å². The van der Waals surface area contributed by atoms with E-state index >= 15 is 0 Å². The fraction of sp³-hybridized carbons (Fsp3) is 0.143. The Labute approximate surface area is 100 Å². The van der Waals surface area contributed by atoms with Gasteiger partial charge in [0.05, 0.1) is 0 Å².